The number of nitrogens with zero attached hydrogens (tertiary/aromatic N) is 2. The van der Waals surface area contributed by atoms with Crippen LogP contribution in [0, 0.1) is 5.92 Å². The lowest BCUT2D eigenvalue weighted by molar-refractivity contribution is 0.271. The molecule has 0 saturated heterocycles. The number of benzene rings is 1. The summed E-state index contributed by atoms with van der Waals surface area (Å²) in [6.07, 6.45) is 1.65. The molecule has 18 heavy (non-hydrogen) atoms. The molecule has 4 heteroatoms. The van der Waals surface area contributed by atoms with Gasteiger partial charge in [-0.3, -0.25) is 0 Å². The van der Waals surface area contributed by atoms with Gasteiger partial charge in [-0.1, -0.05) is 26.0 Å². The Hall–Kier alpha value is -1.61. The molecule has 1 aromatic heterocycles. The molecule has 3 nitrogen and oxygen atoms in total. The first-order chi connectivity index (χ1) is 8.65. The molecule has 2 aromatic rings. The van der Waals surface area contributed by atoms with Gasteiger partial charge in [0, 0.05) is 11.8 Å². The topological polar surface area (TPSA) is 35.0 Å². The van der Waals surface area contributed by atoms with E-state index < -0.39 is 0 Å². The molecule has 0 aliphatic heterocycles. The minimum Gasteiger partial charge on any atom is -0.493 e. The molecule has 0 amide bonds. The van der Waals surface area contributed by atoms with E-state index in [-0.39, 0.29) is 5.28 Å². The van der Waals surface area contributed by atoms with Crippen molar-refractivity contribution >= 4 is 11.6 Å². The molecule has 0 aliphatic carbocycles. The van der Waals surface area contributed by atoms with Crippen molar-refractivity contribution in [3.63, 3.8) is 0 Å². The van der Waals surface area contributed by atoms with Crippen LogP contribution in [-0.2, 0) is 0 Å². The highest BCUT2D eigenvalue weighted by molar-refractivity contribution is 6.28. The van der Waals surface area contributed by atoms with Crippen LogP contribution in [0.25, 0.3) is 11.3 Å². The minimum atomic E-state index is 0.251. The van der Waals surface area contributed by atoms with Crippen LogP contribution in [0.3, 0.4) is 0 Å². The van der Waals surface area contributed by atoms with E-state index in [4.69, 9.17) is 16.3 Å². The molecule has 0 aliphatic rings. The number of hydrogen-bond donors (Lipinski definition) is 0. The van der Waals surface area contributed by atoms with Crippen LogP contribution in [-0.4, -0.2) is 16.6 Å². The van der Waals surface area contributed by atoms with Crippen LogP contribution < -0.4 is 4.74 Å². The molecular formula is C14H15ClN2O. The Morgan fingerprint density at radius 1 is 1.28 bits per heavy atom. The number of hydrogen-bond acceptors (Lipinski definition) is 3. The maximum Gasteiger partial charge on any atom is 0.222 e. The van der Waals surface area contributed by atoms with Gasteiger partial charge in [0.2, 0.25) is 5.28 Å². The Labute approximate surface area is 112 Å². The third-order valence-corrected chi connectivity index (χ3v) is 2.52. The van der Waals surface area contributed by atoms with Crippen molar-refractivity contribution in [2.24, 2.45) is 5.92 Å². The average Bonchev–Trinajstić information content (AvgIpc) is 2.37. The molecule has 0 saturated carbocycles. The molecule has 0 unspecified atom stereocenters. The smallest absolute Gasteiger partial charge is 0.222 e. The second-order valence-electron chi connectivity index (χ2n) is 4.44. The third-order valence-electron chi connectivity index (χ3n) is 2.34. The number of aromatic nitrogens is 2. The molecule has 2 rings (SSSR count). The molecule has 0 atom stereocenters. The van der Waals surface area contributed by atoms with Gasteiger partial charge in [0.15, 0.2) is 0 Å². The van der Waals surface area contributed by atoms with Crippen LogP contribution >= 0.6 is 11.6 Å². The lowest BCUT2D eigenvalue weighted by Crippen LogP contribution is -2.04. The van der Waals surface area contributed by atoms with Crippen molar-refractivity contribution < 1.29 is 4.74 Å². The van der Waals surface area contributed by atoms with Gasteiger partial charge in [-0.15, -0.1) is 0 Å². The molecule has 0 fully saturated rings. The number of ether oxygens (including phenoxy) is 1. The summed E-state index contributed by atoms with van der Waals surface area (Å²) in [5, 5.41) is 0.251. The third kappa shape index (κ3) is 3.44. The summed E-state index contributed by atoms with van der Waals surface area (Å²) in [4.78, 5) is 8.05. The van der Waals surface area contributed by atoms with Crippen molar-refractivity contribution in [1.29, 1.82) is 0 Å². The Morgan fingerprint density at radius 2 is 2.11 bits per heavy atom. The number of rotatable bonds is 4. The van der Waals surface area contributed by atoms with Gasteiger partial charge >= 0.3 is 0 Å². The van der Waals surface area contributed by atoms with E-state index in [2.05, 4.69) is 23.8 Å². The fourth-order valence-electron chi connectivity index (χ4n) is 1.50. The fourth-order valence-corrected chi connectivity index (χ4v) is 1.65. The summed E-state index contributed by atoms with van der Waals surface area (Å²) >= 11 is 5.78. The normalized spacial score (nSPS) is 10.7. The molecule has 1 aromatic carbocycles. The van der Waals surface area contributed by atoms with Gasteiger partial charge in [0.05, 0.1) is 12.3 Å². The standard InChI is InChI=1S/C14H15ClN2O/c1-10(2)9-18-12-5-3-4-11(8-12)13-6-7-16-14(15)17-13/h3-8,10H,9H2,1-2H3. The fraction of sp³-hybridized carbons (Fsp3) is 0.286. The monoisotopic (exact) mass is 262 g/mol. The predicted octanol–water partition coefficient (Wildman–Crippen LogP) is 3.83. The van der Waals surface area contributed by atoms with Gasteiger partial charge in [-0.05, 0) is 35.7 Å². The predicted molar refractivity (Wildman–Crippen MR) is 72.8 cm³/mol. The molecule has 0 radical (unpaired) electrons. The van der Waals surface area contributed by atoms with Crippen molar-refractivity contribution in [2.45, 2.75) is 13.8 Å². The highest BCUT2D eigenvalue weighted by Crippen LogP contribution is 2.23. The average molecular weight is 263 g/mol. The summed E-state index contributed by atoms with van der Waals surface area (Å²) in [6, 6.07) is 9.64. The van der Waals surface area contributed by atoms with Crippen LogP contribution in [0.1, 0.15) is 13.8 Å². The van der Waals surface area contributed by atoms with Gasteiger partial charge in [0.1, 0.15) is 5.75 Å². The van der Waals surface area contributed by atoms with E-state index in [1.165, 1.54) is 0 Å². The SMILES string of the molecule is CC(C)COc1cccc(-c2ccnc(Cl)n2)c1. The van der Waals surface area contributed by atoms with E-state index in [0.717, 1.165) is 17.0 Å². The second-order valence-corrected chi connectivity index (χ2v) is 4.78. The Kier molecular flexibility index (Phi) is 4.15. The summed E-state index contributed by atoms with van der Waals surface area (Å²) < 4.78 is 5.68. The first kappa shape index (κ1) is 12.8. The molecule has 94 valence electrons. The van der Waals surface area contributed by atoms with Crippen molar-refractivity contribution in [2.75, 3.05) is 6.61 Å². The summed E-state index contributed by atoms with van der Waals surface area (Å²) in [5.41, 5.74) is 1.77. The van der Waals surface area contributed by atoms with Crippen molar-refractivity contribution in [3.05, 3.63) is 41.8 Å². The first-order valence-electron chi connectivity index (χ1n) is 5.87. The van der Waals surface area contributed by atoms with Gasteiger partial charge in [0.25, 0.3) is 0 Å². The summed E-state index contributed by atoms with van der Waals surface area (Å²) in [7, 11) is 0. The van der Waals surface area contributed by atoms with E-state index >= 15 is 0 Å². The van der Waals surface area contributed by atoms with Crippen molar-refractivity contribution in [3.8, 4) is 17.0 Å². The van der Waals surface area contributed by atoms with Gasteiger partial charge < -0.3 is 4.74 Å². The van der Waals surface area contributed by atoms with E-state index in [1.807, 2.05) is 30.3 Å². The van der Waals surface area contributed by atoms with Crippen LogP contribution in [0.15, 0.2) is 36.5 Å². The first-order valence-corrected chi connectivity index (χ1v) is 6.25. The lowest BCUT2D eigenvalue weighted by Gasteiger charge is -2.09. The van der Waals surface area contributed by atoms with Crippen LogP contribution in [0.4, 0.5) is 0 Å². The Bertz CT molecular complexity index is 529. The van der Waals surface area contributed by atoms with E-state index in [0.29, 0.717) is 12.5 Å². The highest BCUT2D eigenvalue weighted by Gasteiger charge is 2.03. The van der Waals surface area contributed by atoms with Gasteiger partial charge in [-0.25, -0.2) is 9.97 Å². The number of halogens is 1. The zero-order chi connectivity index (χ0) is 13.0. The molecule has 0 N–H and O–H groups in total. The van der Waals surface area contributed by atoms with Gasteiger partial charge in [-0.2, -0.15) is 0 Å². The molecule has 0 spiro atoms. The summed E-state index contributed by atoms with van der Waals surface area (Å²) in [5.74, 6) is 1.35. The summed E-state index contributed by atoms with van der Waals surface area (Å²) in [6.45, 7) is 4.94. The minimum absolute atomic E-state index is 0.251. The van der Waals surface area contributed by atoms with Crippen molar-refractivity contribution in [1.82, 2.24) is 9.97 Å². The maximum absolute atomic E-state index is 5.78. The lowest BCUT2D eigenvalue weighted by atomic mass is 10.1. The Balaban J connectivity index is 2.21. The molecule has 0 bridgehead atoms. The zero-order valence-electron chi connectivity index (χ0n) is 10.4. The second kappa shape index (κ2) is 5.83. The van der Waals surface area contributed by atoms with E-state index in [9.17, 15) is 0 Å². The van der Waals surface area contributed by atoms with Crippen LogP contribution in [0.5, 0.6) is 5.75 Å². The quantitative estimate of drug-likeness (QED) is 0.786. The maximum atomic E-state index is 5.78. The highest BCUT2D eigenvalue weighted by atomic mass is 35.5. The Morgan fingerprint density at radius 3 is 2.83 bits per heavy atom. The van der Waals surface area contributed by atoms with E-state index in [1.54, 1.807) is 6.20 Å². The van der Waals surface area contributed by atoms with Crippen LogP contribution in [0.2, 0.25) is 5.28 Å². The largest absolute Gasteiger partial charge is 0.493 e. The zero-order valence-corrected chi connectivity index (χ0v) is 11.2. The molecular weight excluding hydrogens is 248 g/mol. The molecule has 1 heterocycles.